The van der Waals surface area contributed by atoms with Gasteiger partial charge in [0.2, 0.25) is 0 Å². The Morgan fingerprint density at radius 1 is 1.33 bits per heavy atom. The lowest BCUT2D eigenvalue weighted by atomic mass is 10.2. The Bertz CT molecular complexity index is 482. The van der Waals surface area contributed by atoms with Crippen LogP contribution in [0.5, 0.6) is 0 Å². The number of amidine groups is 1. The van der Waals surface area contributed by atoms with E-state index in [2.05, 4.69) is 4.98 Å². The first-order valence-electron chi connectivity index (χ1n) is 4.62. The molecule has 1 heterocycles. The lowest BCUT2D eigenvalue weighted by molar-refractivity contribution is 1.03. The average Bonchev–Trinajstić information content (AvgIpc) is 2.67. The summed E-state index contributed by atoms with van der Waals surface area (Å²) in [4.78, 5) is 3.98. The Kier molecular flexibility index (Phi) is 2.25. The van der Waals surface area contributed by atoms with Gasteiger partial charge in [-0.25, -0.2) is 4.98 Å². The minimum absolute atomic E-state index is 0.0214. The van der Waals surface area contributed by atoms with E-state index in [4.69, 9.17) is 11.1 Å². The molecule has 0 unspecified atom stereocenters. The van der Waals surface area contributed by atoms with E-state index in [0.717, 1.165) is 5.69 Å². The Labute approximate surface area is 87.9 Å². The second-order valence-electron chi connectivity index (χ2n) is 3.40. The minimum atomic E-state index is 0.0214. The summed E-state index contributed by atoms with van der Waals surface area (Å²) in [6, 6.07) is 7.98. The lowest BCUT2D eigenvalue weighted by Crippen LogP contribution is -2.15. The van der Waals surface area contributed by atoms with E-state index in [9.17, 15) is 0 Å². The molecule has 2 rings (SSSR count). The summed E-state index contributed by atoms with van der Waals surface area (Å²) in [5.74, 6) is 0.0214. The first-order valence-corrected chi connectivity index (χ1v) is 4.62. The molecule has 2 aromatic rings. The first-order chi connectivity index (χ1) is 7.18. The van der Waals surface area contributed by atoms with E-state index in [1.54, 1.807) is 17.1 Å². The number of hydrogen-bond acceptors (Lipinski definition) is 2. The Morgan fingerprint density at radius 3 is 2.60 bits per heavy atom. The molecule has 0 saturated carbocycles. The number of hydrogen-bond donors (Lipinski definition) is 2. The summed E-state index contributed by atoms with van der Waals surface area (Å²) < 4.78 is 1.79. The van der Waals surface area contributed by atoms with Crippen LogP contribution in [-0.2, 0) is 0 Å². The third kappa shape index (κ3) is 1.74. The van der Waals surface area contributed by atoms with E-state index < -0.39 is 0 Å². The zero-order valence-corrected chi connectivity index (χ0v) is 8.44. The number of aromatic nitrogens is 2. The number of imidazole rings is 1. The van der Waals surface area contributed by atoms with E-state index in [1.807, 2.05) is 31.2 Å². The highest BCUT2D eigenvalue weighted by molar-refractivity contribution is 5.93. The number of rotatable bonds is 2. The molecule has 0 atom stereocenters. The van der Waals surface area contributed by atoms with Crippen LogP contribution in [0.1, 0.15) is 11.3 Å². The van der Waals surface area contributed by atoms with Crippen molar-refractivity contribution in [2.45, 2.75) is 6.92 Å². The molecule has 0 aliphatic carbocycles. The van der Waals surface area contributed by atoms with Gasteiger partial charge in [-0.3, -0.25) is 9.98 Å². The molecule has 0 amide bonds. The molecule has 1 aromatic heterocycles. The maximum atomic E-state index is 7.40. The fourth-order valence-corrected chi connectivity index (χ4v) is 1.41. The van der Waals surface area contributed by atoms with Gasteiger partial charge in [0.25, 0.3) is 0 Å². The quantitative estimate of drug-likeness (QED) is 0.569. The van der Waals surface area contributed by atoms with Crippen LogP contribution in [0.4, 0.5) is 0 Å². The highest BCUT2D eigenvalue weighted by Crippen LogP contribution is 2.11. The smallest absolute Gasteiger partial charge is 0.141 e. The van der Waals surface area contributed by atoms with Gasteiger partial charge in [-0.2, -0.15) is 0 Å². The number of nitrogens with zero attached hydrogens (tertiary/aromatic N) is 2. The summed E-state index contributed by atoms with van der Waals surface area (Å²) >= 11 is 0. The molecule has 0 fully saturated rings. The molecule has 15 heavy (non-hydrogen) atoms. The number of nitrogen functional groups attached to an aromatic ring is 1. The molecule has 0 aliphatic rings. The second kappa shape index (κ2) is 3.57. The SMILES string of the molecule is Cc1ccc(-n2cncc2C(=N)N)cc1. The summed E-state index contributed by atoms with van der Waals surface area (Å²) in [6.07, 6.45) is 3.24. The van der Waals surface area contributed by atoms with Gasteiger partial charge in [0.05, 0.1) is 12.5 Å². The molecule has 0 bridgehead atoms. The van der Waals surface area contributed by atoms with Gasteiger partial charge in [0, 0.05) is 5.69 Å². The molecule has 4 nitrogen and oxygen atoms in total. The monoisotopic (exact) mass is 200 g/mol. The van der Waals surface area contributed by atoms with Crippen molar-refractivity contribution in [3.63, 3.8) is 0 Å². The van der Waals surface area contributed by atoms with Gasteiger partial charge in [-0.05, 0) is 19.1 Å². The maximum absolute atomic E-state index is 7.40. The standard InChI is InChI=1S/C11H12N4/c1-8-2-4-9(5-3-8)15-7-14-6-10(15)11(12)13/h2-7H,1H3,(H3,12,13). The Balaban J connectivity index is 2.49. The van der Waals surface area contributed by atoms with Crippen LogP contribution in [0, 0.1) is 12.3 Å². The van der Waals surface area contributed by atoms with Crippen molar-refractivity contribution in [2.75, 3.05) is 0 Å². The summed E-state index contributed by atoms with van der Waals surface area (Å²) in [5.41, 5.74) is 8.22. The van der Waals surface area contributed by atoms with Crippen LogP contribution < -0.4 is 5.73 Å². The van der Waals surface area contributed by atoms with Crippen LogP contribution in [-0.4, -0.2) is 15.4 Å². The zero-order valence-electron chi connectivity index (χ0n) is 8.44. The summed E-state index contributed by atoms with van der Waals surface area (Å²) in [7, 11) is 0. The molecular formula is C11H12N4. The third-order valence-corrected chi connectivity index (χ3v) is 2.23. The van der Waals surface area contributed by atoms with Crippen LogP contribution in [0.25, 0.3) is 5.69 Å². The molecule has 76 valence electrons. The van der Waals surface area contributed by atoms with Crippen molar-refractivity contribution in [1.29, 1.82) is 5.41 Å². The van der Waals surface area contributed by atoms with E-state index >= 15 is 0 Å². The van der Waals surface area contributed by atoms with Crippen LogP contribution in [0.3, 0.4) is 0 Å². The second-order valence-corrected chi connectivity index (χ2v) is 3.40. The van der Waals surface area contributed by atoms with E-state index in [-0.39, 0.29) is 5.84 Å². The van der Waals surface area contributed by atoms with E-state index in [0.29, 0.717) is 5.69 Å². The van der Waals surface area contributed by atoms with Gasteiger partial charge in [-0.15, -0.1) is 0 Å². The minimum Gasteiger partial charge on any atom is -0.382 e. The van der Waals surface area contributed by atoms with Crippen molar-refractivity contribution in [2.24, 2.45) is 5.73 Å². The van der Waals surface area contributed by atoms with Gasteiger partial charge in [-0.1, -0.05) is 17.7 Å². The van der Waals surface area contributed by atoms with Crippen LogP contribution in [0.2, 0.25) is 0 Å². The highest BCUT2D eigenvalue weighted by atomic mass is 15.1. The lowest BCUT2D eigenvalue weighted by Gasteiger charge is -2.06. The molecule has 4 heteroatoms. The predicted octanol–water partition coefficient (Wildman–Crippen LogP) is 1.46. The molecule has 0 aliphatic heterocycles. The Hall–Kier alpha value is -2.10. The van der Waals surface area contributed by atoms with Crippen molar-refractivity contribution in [3.05, 3.63) is 48.0 Å². The molecule has 0 saturated heterocycles. The fourth-order valence-electron chi connectivity index (χ4n) is 1.41. The molecule has 0 spiro atoms. The topological polar surface area (TPSA) is 67.7 Å². The molecule has 3 N–H and O–H groups in total. The normalized spacial score (nSPS) is 10.2. The molecule has 0 radical (unpaired) electrons. The molecular weight excluding hydrogens is 188 g/mol. The van der Waals surface area contributed by atoms with Crippen molar-refractivity contribution < 1.29 is 0 Å². The van der Waals surface area contributed by atoms with Crippen molar-refractivity contribution in [3.8, 4) is 5.69 Å². The summed E-state index contributed by atoms with van der Waals surface area (Å²) in [6.45, 7) is 2.03. The van der Waals surface area contributed by atoms with Gasteiger partial charge in [0.15, 0.2) is 0 Å². The predicted molar refractivity (Wildman–Crippen MR) is 59.3 cm³/mol. The van der Waals surface area contributed by atoms with Crippen LogP contribution >= 0.6 is 0 Å². The highest BCUT2D eigenvalue weighted by Gasteiger charge is 2.05. The number of nitrogens with one attached hydrogen (secondary N) is 1. The van der Waals surface area contributed by atoms with Crippen molar-refractivity contribution in [1.82, 2.24) is 9.55 Å². The largest absolute Gasteiger partial charge is 0.382 e. The maximum Gasteiger partial charge on any atom is 0.141 e. The molecule has 1 aromatic carbocycles. The average molecular weight is 200 g/mol. The first kappa shape index (κ1) is 9.45. The Morgan fingerprint density at radius 2 is 2.00 bits per heavy atom. The number of benzene rings is 1. The van der Waals surface area contributed by atoms with Crippen LogP contribution in [0.15, 0.2) is 36.8 Å². The van der Waals surface area contributed by atoms with Crippen molar-refractivity contribution >= 4 is 5.84 Å². The zero-order chi connectivity index (χ0) is 10.8. The van der Waals surface area contributed by atoms with E-state index in [1.165, 1.54) is 5.56 Å². The third-order valence-electron chi connectivity index (χ3n) is 2.23. The van der Waals surface area contributed by atoms with Gasteiger partial charge < -0.3 is 5.73 Å². The van der Waals surface area contributed by atoms with Gasteiger partial charge >= 0.3 is 0 Å². The van der Waals surface area contributed by atoms with Gasteiger partial charge in [0.1, 0.15) is 11.5 Å². The fraction of sp³-hybridized carbons (Fsp3) is 0.0909. The number of nitrogens with two attached hydrogens (primary N) is 1. The number of aryl methyl sites for hydroxylation is 1. The summed E-state index contributed by atoms with van der Waals surface area (Å²) in [5, 5.41) is 7.40.